The van der Waals surface area contributed by atoms with Gasteiger partial charge in [0.1, 0.15) is 5.82 Å². The van der Waals surface area contributed by atoms with Gasteiger partial charge in [-0.25, -0.2) is 4.39 Å². The van der Waals surface area contributed by atoms with Crippen molar-refractivity contribution in [1.82, 2.24) is 10.6 Å². The van der Waals surface area contributed by atoms with Crippen LogP contribution >= 0.6 is 0 Å². The van der Waals surface area contributed by atoms with E-state index in [-0.39, 0.29) is 5.82 Å². The Morgan fingerprint density at radius 3 is 2.82 bits per heavy atom. The summed E-state index contributed by atoms with van der Waals surface area (Å²) in [5, 5.41) is 6.93. The molecule has 0 amide bonds. The average molecular weight is 236 g/mol. The first-order valence-corrected chi connectivity index (χ1v) is 6.45. The van der Waals surface area contributed by atoms with Gasteiger partial charge in [-0.15, -0.1) is 0 Å². The predicted octanol–water partition coefficient (Wildman–Crippen LogP) is 2.02. The van der Waals surface area contributed by atoms with Crippen molar-refractivity contribution in [3.05, 3.63) is 35.1 Å². The fraction of sp³-hybridized carbons (Fsp3) is 0.571. The number of piperidine rings is 1. The lowest BCUT2D eigenvalue weighted by Gasteiger charge is -2.23. The fourth-order valence-corrected chi connectivity index (χ4v) is 2.31. The summed E-state index contributed by atoms with van der Waals surface area (Å²) in [6, 6.07) is 6.04. The maximum atomic E-state index is 13.1. The zero-order valence-corrected chi connectivity index (χ0v) is 10.4. The van der Waals surface area contributed by atoms with Crippen molar-refractivity contribution in [2.45, 2.75) is 32.2 Å². The summed E-state index contributed by atoms with van der Waals surface area (Å²) in [6.45, 7) is 5.04. The predicted molar refractivity (Wildman–Crippen MR) is 68.7 cm³/mol. The summed E-state index contributed by atoms with van der Waals surface area (Å²) in [6.07, 6.45) is 3.40. The van der Waals surface area contributed by atoms with E-state index < -0.39 is 0 Å². The van der Waals surface area contributed by atoms with E-state index >= 15 is 0 Å². The zero-order chi connectivity index (χ0) is 12.1. The molecule has 0 unspecified atom stereocenters. The lowest BCUT2D eigenvalue weighted by atomic mass is 10.1. The molecule has 2 nitrogen and oxygen atoms in total. The van der Waals surface area contributed by atoms with Gasteiger partial charge in [0.15, 0.2) is 0 Å². The van der Waals surface area contributed by atoms with Crippen molar-refractivity contribution in [1.29, 1.82) is 0 Å². The minimum atomic E-state index is -0.111. The van der Waals surface area contributed by atoms with Crippen LogP contribution in [0, 0.1) is 12.7 Å². The molecule has 0 radical (unpaired) electrons. The Hall–Kier alpha value is -0.930. The van der Waals surface area contributed by atoms with Crippen LogP contribution in [0.3, 0.4) is 0 Å². The molecule has 1 heterocycles. The van der Waals surface area contributed by atoms with E-state index in [0.29, 0.717) is 6.04 Å². The van der Waals surface area contributed by atoms with Crippen molar-refractivity contribution >= 4 is 0 Å². The first kappa shape index (κ1) is 12.5. The van der Waals surface area contributed by atoms with Gasteiger partial charge in [-0.1, -0.05) is 12.1 Å². The molecule has 2 rings (SSSR count). The van der Waals surface area contributed by atoms with Crippen molar-refractivity contribution in [3.63, 3.8) is 0 Å². The number of rotatable bonds is 4. The number of aryl methyl sites for hydroxylation is 1. The molecule has 1 aliphatic heterocycles. The van der Waals surface area contributed by atoms with Crippen molar-refractivity contribution < 1.29 is 4.39 Å². The summed E-state index contributed by atoms with van der Waals surface area (Å²) in [7, 11) is 0. The number of benzene rings is 1. The lowest BCUT2D eigenvalue weighted by Crippen LogP contribution is -2.40. The molecule has 0 aliphatic carbocycles. The highest BCUT2D eigenvalue weighted by molar-refractivity contribution is 5.24. The molecule has 0 aromatic heterocycles. The van der Waals surface area contributed by atoms with Crippen LogP contribution < -0.4 is 10.6 Å². The standard InChI is InChI=1S/C14H21FN2/c1-11-10-12(2-3-14(11)15)4-9-17-13-5-7-16-8-6-13/h2-3,10,13,16-17H,4-9H2,1H3. The van der Waals surface area contributed by atoms with Gasteiger partial charge in [0, 0.05) is 6.04 Å². The third kappa shape index (κ3) is 3.79. The van der Waals surface area contributed by atoms with E-state index in [1.54, 1.807) is 6.07 Å². The topological polar surface area (TPSA) is 24.1 Å². The van der Waals surface area contributed by atoms with Crippen molar-refractivity contribution in [2.24, 2.45) is 0 Å². The van der Waals surface area contributed by atoms with Gasteiger partial charge in [0.2, 0.25) is 0 Å². The smallest absolute Gasteiger partial charge is 0.126 e. The zero-order valence-electron chi connectivity index (χ0n) is 10.4. The highest BCUT2D eigenvalue weighted by Crippen LogP contribution is 2.10. The van der Waals surface area contributed by atoms with Crippen LogP contribution in [-0.4, -0.2) is 25.7 Å². The largest absolute Gasteiger partial charge is 0.317 e. The summed E-state index contributed by atoms with van der Waals surface area (Å²) in [5.41, 5.74) is 1.95. The summed E-state index contributed by atoms with van der Waals surface area (Å²) in [5.74, 6) is -0.111. The minimum absolute atomic E-state index is 0.111. The maximum Gasteiger partial charge on any atom is 0.126 e. The van der Waals surface area contributed by atoms with Gasteiger partial charge in [0.25, 0.3) is 0 Å². The van der Waals surface area contributed by atoms with Crippen LogP contribution in [0.4, 0.5) is 4.39 Å². The highest BCUT2D eigenvalue weighted by Gasteiger charge is 2.11. The Morgan fingerprint density at radius 2 is 2.12 bits per heavy atom. The Bertz CT molecular complexity index is 359. The summed E-state index contributed by atoms with van der Waals surface area (Å²) >= 11 is 0. The van der Waals surface area contributed by atoms with Crippen molar-refractivity contribution in [2.75, 3.05) is 19.6 Å². The molecule has 94 valence electrons. The van der Waals surface area contributed by atoms with Gasteiger partial charge in [0.05, 0.1) is 0 Å². The van der Waals surface area contributed by atoms with Crippen LogP contribution in [0.1, 0.15) is 24.0 Å². The third-order valence-corrected chi connectivity index (χ3v) is 3.41. The monoisotopic (exact) mass is 236 g/mol. The second-order valence-corrected chi connectivity index (χ2v) is 4.81. The van der Waals surface area contributed by atoms with Gasteiger partial charge in [-0.05, 0) is 63.0 Å². The van der Waals surface area contributed by atoms with E-state index in [4.69, 9.17) is 0 Å². The number of nitrogens with one attached hydrogen (secondary N) is 2. The first-order valence-electron chi connectivity index (χ1n) is 6.45. The van der Waals surface area contributed by atoms with Gasteiger partial charge < -0.3 is 10.6 Å². The normalized spacial score (nSPS) is 17.3. The van der Waals surface area contributed by atoms with Crippen molar-refractivity contribution in [3.8, 4) is 0 Å². The Morgan fingerprint density at radius 1 is 1.35 bits per heavy atom. The molecule has 3 heteroatoms. The molecule has 17 heavy (non-hydrogen) atoms. The van der Waals surface area contributed by atoms with E-state index in [2.05, 4.69) is 10.6 Å². The molecule has 0 spiro atoms. The Labute approximate surface area is 103 Å². The molecule has 1 fully saturated rings. The quantitative estimate of drug-likeness (QED) is 0.835. The minimum Gasteiger partial charge on any atom is -0.317 e. The lowest BCUT2D eigenvalue weighted by molar-refractivity contribution is 0.389. The molecule has 0 saturated carbocycles. The summed E-state index contributed by atoms with van der Waals surface area (Å²) < 4.78 is 13.1. The Kier molecular flexibility index (Phi) is 4.51. The van der Waals surface area contributed by atoms with Crippen LogP contribution in [-0.2, 0) is 6.42 Å². The Balaban J connectivity index is 1.75. The van der Waals surface area contributed by atoms with Crippen LogP contribution in [0.5, 0.6) is 0 Å². The highest BCUT2D eigenvalue weighted by atomic mass is 19.1. The summed E-state index contributed by atoms with van der Waals surface area (Å²) in [4.78, 5) is 0. The number of hydrogen-bond donors (Lipinski definition) is 2. The third-order valence-electron chi connectivity index (χ3n) is 3.41. The van der Waals surface area contributed by atoms with E-state index in [9.17, 15) is 4.39 Å². The molecule has 1 saturated heterocycles. The second-order valence-electron chi connectivity index (χ2n) is 4.81. The van der Waals surface area contributed by atoms with Crippen LogP contribution in [0.25, 0.3) is 0 Å². The molecule has 0 atom stereocenters. The maximum absolute atomic E-state index is 13.1. The molecular weight excluding hydrogens is 215 g/mol. The SMILES string of the molecule is Cc1cc(CCNC2CCNCC2)ccc1F. The van der Waals surface area contributed by atoms with Crippen LogP contribution in [0.2, 0.25) is 0 Å². The average Bonchev–Trinajstić information content (AvgIpc) is 2.35. The van der Waals surface area contributed by atoms with E-state index in [1.165, 1.54) is 18.4 Å². The molecule has 1 aromatic carbocycles. The first-order chi connectivity index (χ1) is 8.25. The van der Waals surface area contributed by atoms with Crippen LogP contribution in [0.15, 0.2) is 18.2 Å². The van der Waals surface area contributed by atoms with Gasteiger partial charge in [-0.2, -0.15) is 0 Å². The fourth-order valence-electron chi connectivity index (χ4n) is 2.31. The van der Waals surface area contributed by atoms with Gasteiger partial charge in [-0.3, -0.25) is 0 Å². The number of halogens is 1. The molecular formula is C14H21FN2. The molecule has 1 aromatic rings. The second kappa shape index (κ2) is 6.12. The van der Waals surface area contributed by atoms with E-state index in [0.717, 1.165) is 31.6 Å². The molecule has 0 bridgehead atoms. The van der Waals surface area contributed by atoms with Gasteiger partial charge >= 0.3 is 0 Å². The van der Waals surface area contributed by atoms with E-state index in [1.807, 2.05) is 19.1 Å². The molecule has 1 aliphatic rings. The molecule has 2 N–H and O–H groups in total. The number of hydrogen-bond acceptors (Lipinski definition) is 2.